The van der Waals surface area contributed by atoms with Gasteiger partial charge in [-0.15, -0.1) is 0 Å². The average Bonchev–Trinajstić information content (AvgIpc) is 2.33. The van der Waals surface area contributed by atoms with Crippen LogP contribution in [0.2, 0.25) is 0 Å². The van der Waals surface area contributed by atoms with Crippen molar-refractivity contribution in [2.45, 2.75) is 25.5 Å². The van der Waals surface area contributed by atoms with Gasteiger partial charge in [-0.3, -0.25) is 9.69 Å². The molecule has 1 saturated heterocycles. The molecule has 70 valence electrons. The van der Waals surface area contributed by atoms with E-state index in [1.807, 2.05) is 11.9 Å². The number of hydrogen-bond acceptors (Lipinski definition) is 4. The zero-order valence-corrected chi connectivity index (χ0v) is 7.49. The fraction of sp³-hybridized carbons (Fsp3) is 0.875. The summed E-state index contributed by atoms with van der Waals surface area (Å²) in [6.07, 6.45) is 0.339. The van der Waals surface area contributed by atoms with Gasteiger partial charge in [-0.25, -0.2) is 0 Å². The van der Waals surface area contributed by atoms with Crippen molar-refractivity contribution in [3.63, 3.8) is 0 Å². The molecule has 0 aromatic heterocycles. The lowest BCUT2D eigenvalue weighted by Gasteiger charge is -2.21. The van der Waals surface area contributed by atoms with Gasteiger partial charge < -0.3 is 9.84 Å². The Kier molecular flexibility index (Phi) is 3.05. The van der Waals surface area contributed by atoms with E-state index in [1.54, 1.807) is 6.92 Å². The summed E-state index contributed by atoms with van der Waals surface area (Å²) in [6.45, 7) is 2.73. The maximum atomic E-state index is 11.1. The van der Waals surface area contributed by atoms with Crippen molar-refractivity contribution >= 4 is 5.97 Å². The molecule has 4 heteroatoms. The molecule has 1 fully saturated rings. The van der Waals surface area contributed by atoms with Gasteiger partial charge in [0, 0.05) is 13.0 Å². The summed E-state index contributed by atoms with van der Waals surface area (Å²) in [5.74, 6) is -0.168. The molecule has 1 N–H and O–H groups in total. The highest BCUT2D eigenvalue weighted by Gasteiger charge is 2.30. The van der Waals surface area contributed by atoms with Gasteiger partial charge in [0.05, 0.1) is 12.7 Å². The summed E-state index contributed by atoms with van der Waals surface area (Å²) < 4.78 is 4.81. The second kappa shape index (κ2) is 3.87. The molecule has 1 unspecified atom stereocenters. The van der Waals surface area contributed by atoms with Gasteiger partial charge in [-0.2, -0.15) is 0 Å². The van der Waals surface area contributed by atoms with E-state index in [1.165, 1.54) is 0 Å². The molecular formula is C8H15NO3. The van der Waals surface area contributed by atoms with Gasteiger partial charge in [0.1, 0.15) is 6.04 Å². The highest BCUT2D eigenvalue weighted by Crippen LogP contribution is 2.12. The maximum absolute atomic E-state index is 11.1. The average molecular weight is 173 g/mol. The third-order valence-electron chi connectivity index (χ3n) is 1.99. The van der Waals surface area contributed by atoms with Crippen LogP contribution in [-0.2, 0) is 9.53 Å². The van der Waals surface area contributed by atoms with Gasteiger partial charge in [0.15, 0.2) is 0 Å². The fourth-order valence-corrected chi connectivity index (χ4v) is 1.43. The fourth-order valence-electron chi connectivity index (χ4n) is 1.43. The van der Waals surface area contributed by atoms with Crippen LogP contribution in [0.5, 0.6) is 0 Å². The maximum Gasteiger partial charge on any atom is 0.323 e. The molecule has 0 aromatic rings. The van der Waals surface area contributed by atoms with Gasteiger partial charge in [0.25, 0.3) is 0 Å². The van der Waals surface area contributed by atoms with Crippen molar-refractivity contribution in [2.24, 2.45) is 0 Å². The Hall–Kier alpha value is -0.610. The smallest absolute Gasteiger partial charge is 0.323 e. The van der Waals surface area contributed by atoms with Crippen molar-refractivity contribution in [1.29, 1.82) is 0 Å². The Morgan fingerprint density at radius 2 is 2.50 bits per heavy atom. The number of hydrogen-bond donors (Lipinski definition) is 1. The Bertz CT molecular complexity index is 170. The number of aliphatic hydroxyl groups is 1. The predicted molar refractivity (Wildman–Crippen MR) is 43.7 cm³/mol. The Labute approximate surface area is 72.1 Å². The molecule has 0 spiro atoms. The molecule has 0 radical (unpaired) electrons. The van der Waals surface area contributed by atoms with Crippen LogP contribution in [0.3, 0.4) is 0 Å². The normalized spacial score (nSPS) is 26.0. The lowest BCUT2D eigenvalue weighted by Crippen LogP contribution is -2.39. The van der Waals surface area contributed by atoms with Crippen LogP contribution >= 0.6 is 0 Å². The van der Waals surface area contributed by atoms with Crippen LogP contribution in [0.1, 0.15) is 13.3 Å². The van der Waals surface area contributed by atoms with Crippen LogP contribution < -0.4 is 0 Å². The van der Waals surface area contributed by atoms with Crippen molar-refractivity contribution < 1.29 is 14.6 Å². The number of esters is 1. The summed E-state index contributed by atoms with van der Waals surface area (Å²) in [5, 5.41) is 9.08. The highest BCUT2D eigenvalue weighted by molar-refractivity contribution is 5.77. The largest absolute Gasteiger partial charge is 0.464 e. The zero-order chi connectivity index (χ0) is 9.14. The molecule has 4 nitrogen and oxygen atoms in total. The lowest BCUT2D eigenvalue weighted by atomic mass is 10.2. The minimum atomic E-state index is -0.400. The molecule has 0 saturated carbocycles. The van der Waals surface area contributed by atoms with Gasteiger partial charge in [0.2, 0.25) is 0 Å². The number of nitrogens with zero attached hydrogens (tertiary/aromatic N) is 1. The van der Waals surface area contributed by atoms with E-state index in [-0.39, 0.29) is 12.0 Å². The Morgan fingerprint density at radius 3 is 2.92 bits per heavy atom. The molecule has 1 aliphatic heterocycles. The number of carbonyl (C=O) groups is 1. The number of likely N-dealkylation sites (N-methyl/N-ethyl adjacent to an activating group) is 1. The highest BCUT2D eigenvalue weighted by atomic mass is 16.5. The third-order valence-corrected chi connectivity index (χ3v) is 1.99. The first-order valence-electron chi connectivity index (χ1n) is 4.16. The Balaban J connectivity index is 2.40. The molecule has 0 aromatic carbocycles. The van der Waals surface area contributed by atoms with Crippen LogP contribution in [0.15, 0.2) is 0 Å². The molecule has 0 aliphatic carbocycles. The second-order valence-corrected chi connectivity index (χ2v) is 3.26. The summed E-state index contributed by atoms with van der Waals surface area (Å²) in [4.78, 5) is 12.9. The second-order valence-electron chi connectivity index (χ2n) is 3.26. The summed E-state index contributed by atoms with van der Waals surface area (Å²) in [7, 11) is 1.82. The number of carbonyl (C=O) groups excluding carboxylic acids is 1. The van der Waals surface area contributed by atoms with E-state index in [0.717, 1.165) is 6.42 Å². The quantitative estimate of drug-likeness (QED) is 0.591. The van der Waals surface area contributed by atoms with Gasteiger partial charge >= 0.3 is 5.97 Å². The minimum Gasteiger partial charge on any atom is -0.464 e. The summed E-state index contributed by atoms with van der Waals surface area (Å²) in [5.41, 5.74) is 0. The van der Waals surface area contributed by atoms with Crippen LogP contribution in [-0.4, -0.2) is 48.3 Å². The number of rotatable bonds is 3. The predicted octanol–water partition coefficient (Wildman–Crippen LogP) is -0.386. The van der Waals surface area contributed by atoms with E-state index in [9.17, 15) is 4.79 Å². The standard InChI is InChI=1S/C8H15NO3/c1-6(10)5-9(2)7-3-4-12-8(7)11/h6-7,10H,3-5H2,1-2H3/t6-,7?/m0/s1. The first-order chi connectivity index (χ1) is 5.61. The number of aliphatic hydroxyl groups excluding tert-OH is 1. The molecule has 2 atom stereocenters. The van der Waals surface area contributed by atoms with E-state index >= 15 is 0 Å². The number of ether oxygens (including phenoxy) is 1. The van der Waals surface area contributed by atoms with E-state index in [2.05, 4.69) is 0 Å². The van der Waals surface area contributed by atoms with Gasteiger partial charge in [-0.1, -0.05) is 0 Å². The van der Waals surface area contributed by atoms with Gasteiger partial charge in [-0.05, 0) is 14.0 Å². The molecule has 12 heavy (non-hydrogen) atoms. The molecule has 0 bridgehead atoms. The Morgan fingerprint density at radius 1 is 1.83 bits per heavy atom. The molecular weight excluding hydrogens is 158 g/mol. The number of cyclic esters (lactones) is 1. The SMILES string of the molecule is C[C@H](O)CN(C)C1CCOC1=O. The first kappa shape index (κ1) is 9.48. The van der Waals surface area contributed by atoms with Crippen molar-refractivity contribution in [3.05, 3.63) is 0 Å². The third kappa shape index (κ3) is 2.19. The zero-order valence-electron chi connectivity index (χ0n) is 7.49. The van der Waals surface area contributed by atoms with Crippen LogP contribution in [0, 0.1) is 0 Å². The van der Waals surface area contributed by atoms with Crippen molar-refractivity contribution in [2.75, 3.05) is 20.2 Å². The molecule has 1 rings (SSSR count). The van der Waals surface area contributed by atoms with E-state index in [0.29, 0.717) is 13.2 Å². The summed E-state index contributed by atoms with van der Waals surface area (Å²) in [6, 6.07) is -0.153. The van der Waals surface area contributed by atoms with E-state index < -0.39 is 6.10 Å². The van der Waals surface area contributed by atoms with Crippen LogP contribution in [0.4, 0.5) is 0 Å². The van der Waals surface area contributed by atoms with Crippen molar-refractivity contribution in [1.82, 2.24) is 4.90 Å². The first-order valence-corrected chi connectivity index (χ1v) is 4.16. The minimum absolute atomic E-state index is 0.153. The lowest BCUT2D eigenvalue weighted by molar-refractivity contribution is -0.142. The van der Waals surface area contributed by atoms with E-state index in [4.69, 9.17) is 9.84 Å². The van der Waals surface area contributed by atoms with Crippen LogP contribution in [0.25, 0.3) is 0 Å². The molecule has 1 aliphatic rings. The topological polar surface area (TPSA) is 49.8 Å². The monoisotopic (exact) mass is 173 g/mol. The summed E-state index contributed by atoms with van der Waals surface area (Å²) >= 11 is 0. The van der Waals surface area contributed by atoms with Crippen molar-refractivity contribution in [3.8, 4) is 0 Å². The molecule has 0 amide bonds. The molecule has 1 heterocycles.